The monoisotopic (exact) mass is 246 g/mol. The van der Waals surface area contributed by atoms with Crippen LogP contribution < -0.4 is 0 Å². The van der Waals surface area contributed by atoms with E-state index in [1.54, 1.807) is 0 Å². The van der Waals surface area contributed by atoms with E-state index in [0.717, 1.165) is 25.7 Å². The Morgan fingerprint density at radius 1 is 1.25 bits per heavy atom. The number of unbranched alkanes of at least 4 members (excludes halogenated alkanes) is 2. The molecule has 0 aromatic carbocycles. The van der Waals surface area contributed by atoms with E-state index in [1.807, 2.05) is 6.92 Å². The molecular weight excluding hydrogens is 224 g/mol. The molecule has 0 rings (SSSR count). The summed E-state index contributed by atoms with van der Waals surface area (Å²) in [6, 6.07) is 0.676. The molecule has 0 heterocycles. The molecule has 5 heteroatoms. The minimum absolute atomic E-state index is 0.410. The number of rotatable bonds is 10. The Morgan fingerprint density at radius 3 is 2.31 bits per heavy atom. The Kier molecular flexibility index (Phi) is 8.15. The quantitative estimate of drug-likeness (QED) is 0.257. The molecule has 0 aliphatic carbocycles. The van der Waals surface area contributed by atoms with E-state index < -0.39 is 8.80 Å². The van der Waals surface area contributed by atoms with Crippen molar-refractivity contribution >= 4 is 15.3 Å². The third kappa shape index (κ3) is 6.04. The van der Waals surface area contributed by atoms with Gasteiger partial charge in [0.1, 0.15) is 0 Å². The Balaban J connectivity index is 3.84. The maximum absolute atomic E-state index is 10.4. The lowest BCUT2D eigenvalue weighted by molar-refractivity contribution is -0.124. The molecule has 0 aliphatic heterocycles. The molecule has 0 bridgehead atoms. The van der Waals surface area contributed by atoms with Gasteiger partial charge in [0, 0.05) is 20.3 Å². The lowest BCUT2D eigenvalue weighted by Gasteiger charge is -2.23. The van der Waals surface area contributed by atoms with Crippen LogP contribution in [0.4, 0.5) is 0 Å². The number of hydrogen-bond donors (Lipinski definition) is 0. The Bertz CT molecular complexity index is 214. The van der Waals surface area contributed by atoms with Crippen molar-refractivity contribution in [3.63, 3.8) is 0 Å². The average molecular weight is 246 g/mol. The van der Waals surface area contributed by atoms with Crippen molar-refractivity contribution in [1.29, 1.82) is 0 Å². The van der Waals surface area contributed by atoms with Gasteiger partial charge in [0.25, 0.3) is 6.47 Å². The summed E-state index contributed by atoms with van der Waals surface area (Å²) in [5, 5.41) is 0. The number of carbonyl (C=O) groups is 1. The largest absolute Gasteiger partial charge is 0.567 e. The highest BCUT2D eigenvalue weighted by atomic mass is 28.4. The molecule has 0 N–H and O–H groups in total. The third-order valence-corrected chi connectivity index (χ3v) is 5.10. The first-order valence-electron chi connectivity index (χ1n) is 5.46. The van der Waals surface area contributed by atoms with Crippen LogP contribution in [0.1, 0.15) is 32.6 Å². The second kappa shape index (κ2) is 8.49. The van der Waals surface area contributed by atoms with Crippen molar-refractivity contribution in [2.75, 3.05) is 14.2 Å². The van der Waals surface area contributed by atoms with E-state index in [2.05, 4.69) is 6.58 Å². The van der Waals surface area contributed by atoms with Crippen molar-refractivity contribution in [2.24, 2.45) is 0 Å². The van der Waals surface area contributed by atoms with Gasteiger partial charge < -0.3 is 13.3 Å². The minimum Gasteiger partial charge on any atom is -0.476 e. The third-order valence-electron chi connectivity index (χ3n) is 2.44. The Hall–Kier alpha value is -0.653. The first-order valence-corrected chi connectivity index (χ1v) is 7.39. The fourth-order valence-corrected chi connectivity index (χ4v) is 3.18. The summed E-state index contributed by atoms with van der Waals surface area (Å²) in [4.78, 5) is 10.4. The topological polar surface area (TPSA) is 44.8 Å². The van der Waals surface area contributed by atoms with Gasteiger partial charge in [0.15, 0.2) is 0 Å². The molecule has 0 aromatic rings. The van der Waals surface area contributed by atoms with Gasteiger partial charge in [-0.05, 0) is 26.2 Å². The van der Waals surface area contributed by atoms with Gasteiger partial charge in [-0.15, -0.1) is 6.58 Å². The first-order chi connectivity index (χ1) is 7.60. The Morgan fingerprint density at radius 2 is 1.88 bits per heavy atom. The molecule has 0 spiro atoms. The van der Waals surface area contributed by atoms with Crippen LogP contribution in [0.15, 0.2) is 12.2 Å². The second-order valence-corrected chi connectivity index (χ2v) is 6.74. The van der Waals surface area contributed by atoms with E-state index >= 15 is 0 Å². The van der Waals surface area contributed by atoms with Crippen LogP contribution in [-0.4, -0.2) is 29.5 Å². The number of carbonyl (C=O) groups excluding carboxylic acids is 1. The van der Waals surface area contributed by atoms with Gasteiger partial charge in [-0.3, -0.25) is 4.79 Å². The summed E-state index contributed by atoms with van der Waals surface area (Å²) >= 11 is 0. The standard InChI is InChI=1S/C11H22O4Si/c1-11(2)8-6-5-7-9-16(13-3,14-4)15-10-12/h10H,1,5-9H2,2-4H3. The van der Waals surface area contributed by atoms with E-state index in [0.29, 0.717) is 12.5 Å². The molecular formula is C11H22O4Si. The first kappa shape index (κ1) is 15.3. The van der Waals surface area contributed by atoms with Crippen molar-refractivity contribution in [3.05, 3.63) is 12.2 Å². The number of allylic oxidation sites excluding steroid dienone is 1. The van der Waals surface area contributed by atoms with Gasteiger partial charge in [-0.1, -0.05) is 12.0 Å². The SMILES string of the molecule is C=C(C)CCCCC[Si](OC)(OC)OC=O. The molecule has 0 saturated heterocycles. The van der Waals surface area contributed by atoms with E-state index in [9.17, 15) is 4.79 Å². The lowest BCUT2D eigenvalue weighted by Crippen LogP contribution is -2.43. The van der Waals surface area contributed by atoms with Crippen molar-refractivity contribution < 1.29 is 18.1 Å². The molecule has 0 fully saturated rings. The zero-order valence-corrected chi connectivity index (χ0v) is 11.5. The summed E-state index contributed by atoms with van der Waals surface area (Å²) in [5.74, 6) is 0. The fraction of sp³-hybridized carbons (Fsp3) is 0.727. The normalized spacial score (nSPS) is 11.2. The van der Waals surface area contributed by atoms with Crippen LogP contribution in [0.3, 0.4) is 0 Å². The van der Waals surface area contributed by atoms with Crippen molar-refractivity contribution in [3.8, 4) is 0 Å². The Labute approximate surface area is 99.0 Å². The smallest absolute Gasteiger partial charge is 0.476 e. The van der Waals surface area contributed by atoms with Crippen LogP contribution in [0.5, 0.6) is 0 Å². The van der Waals surface area contributed by atoms with Crippen LogP contribution in [-0.2, 0) is 18.1 Å². The van der Waals surface area contributed by atoms with E-state index in [1.165, 1.54) is 19.8 Å². The zero-order valence-electron chi connectivity index (χ0n) is 10.5. The van der Waals surface area contributed by atoms with Crippen LogP contribution in [0.2, 0.25) is 6.04 Å². The average Bonchev–Trinajstić information content (AvgIpc) is 2.27. The van der Waals surface area contributed by atoms with Crippen molar-refractivity contribution in [1.82, 2.24) is 0 Å². The van der Waals surface area contributed by atoms with E-state index in [-0.39, 0.29) is 0 Å². The molecule has 0 aromatic heterocycles. The highest BCUT2D eigenvalue weighted by Gasteiger charge is 2.40. The predicted octanol–water partition coefficient (Wildman–Crippen LogP) is 2.53. The maximum atomic E-state index is 10.4. The van der Waals surface area contributed by atoms with Gasteiger partial charge in [0.2, 0.25) is 0 Å². The molecule has 0 amide bonds. The molecule has 0 saturated carbocycles. The van der Waals surface area contributed by atoms with Gasteiger partial charge in [-0.2, -0.15) is 0 Å². The van der Waals surface area contributed by atoms with Crippen LogP contribution in [0, 0.1) is 0 Å². The predicted molar refractivity (Wildman–Crippen MR) is 65.0 cm³/mol. The molecule has 0 aliphatic rings. The summed E-state index contributed by atoms with van der Waals surface area (Å²) in [7, 11) is 0.331. The highest BCUT2D eigenvalue weighted by molar-refractivity contribution is 6.61. The summed E-state index contributed by atoms with van der Waals surface area (Å²) < 4.78 is 15.4. The second-order valence-electron chi connectivity index (χ2n) is 3.82. The van der Waals surface area contributed by atoms with Gasteiger partial charge in [-0.25, -0.2) is 0 Å². The lowest BCUT2D eigenvalue weighted by atomic mass is 10.1. The molecule has 94 valence electrons. The van der Waals surface area contributed by atoms with Gasteiger partial charge >= 0.3 is 8.80 Å². The van der Waals surface area contributed by atoms with Crippen molar-refractivity contribution in [2.45, 2.75) is 38.7 Å². The van der Waals surface area contributed by atoms with E-state index in [4.69, 9.17) is 13.3 Å². The number of hydrogen-bond acceptors (Lipinski definition) is 4. The molecule has 4 nitrogen and oxygen atoms in total. The molecule has 0 unspecified atom stereocenters. The fourth-order valence-electron chi connectivity index (χ4n) is 1.46. The molecule has 16 heavy (non-hydrogen) atoms. The summed E-state index contributed by atoms with van der Waals surface area (Å²) in [5.41, 5.74) is 1.20. The van der Waals surface area contributed by atoms with Gasteiger partial charge in [0.05, 0.1) is 0 Å². The maximum Gasteiger partial charge on any atom is 0.567 e. The molecule has 0 radical (unpaired) electrons. The van der Waals surface area contributed by atoms with Crippen LogP contribution in [0.25, 0.3) is 0 Å². The highest BCUT2D eigenvalue weighted by Crippen LogP contribution is 2.18. The minimum atomic E-state index is -2.71. The molecule has 0 atom stereocenters. The van der Waals surface area contributed by atoms with Crippen LogP contribution >= 0.6 is 0 Å². The summed E-state index contributed by atoms with van der Waals surface area (Å²) in [6.45, 7) is 6.29. The zero-order chi connectivity index (χ0) is 12.4. The summed E-state index contributed by atoms with van der Waals surface area (Å²) in [6.07, 6.45) is 4.16.